The predicted molar refractivity (Wildman–Crippen MR) is 95.2 cm³/mol. The number of hydrogen-bond acceptors (Lipinski definition) is 2. The first-order valence-corrected chi connectivity index (χ1v) is 7.72. The van der Waals surface area contributed by atoms with E-state index < -0.39 is 0 Å². The van der Waals surface area contributed by atoms with Crippen LogP contribution in [0.3, 0.4) is 0 Å². The second-order valence-electron chi connectivity index (χ2n) is 5.99. The zero-order valence-corrected chi connectivity index (χ0v) is 13.2. The Morgan fingerprint density at radius 3 is 2.04 bits per heavy atom. The highest BCUT2D eigenvalue weighted by molar-refractivity contribution is 5.98. The van der Waals surface area contributed by atoms with Crippen LogP contribution >= 0.6 is 0 Å². The summed E-state index contributed by atoms with van der Waals surface area (Å²) < 4.78 is 5.95. The van der Waals surface area contributed by atoms with E-state index in [1.54, 1.807) is 0 Å². The van der Waals surface area contributed by atoms with E-state index in [0.29, 0.717) is 5.88 Å². The van der Waals surface area contributed by atoms with Crippen molar-refractivity contribution < 1.29 is 4.74 Å². The summed E-state index contributed by atoms with van der Waals surface area (Å²) in [5, 5.41) is 4.71. The van der Waals surface area contributed by atoms with Crippen molar-refractivity contribution in [2.45, 2.75) is 13.8 Å². The molecule has 1 heterocycles. The Kier molecular flexibility index (Phi) is 3.23. The van der Waals surface area contributed by atoms with E-state index >= 15 is 0 Å². The van der Waals surface area contributed by atoms with Crippen LogP contribution in [0.1, 0.15) is 11.1 Å². The Labute approximate surface area is 135 Å². The van der Waals surface area contributed by atoms with Gasteiger partial charge in [-0.2, -0.15) is 0 Å². The zero-order valence-electron chi connectivity index (χ0n) is 13.2. The summed E-state index contributed by atoms with van der Waals surface area (Å²) in [5.41, 5.74) is 2.37. The molecule has 0 radical (unpaired) electrons. The van der Waals surface area contributed by atoms with Gasteiger partial charge in [0.05, 0.1) is 0 Å². The van der Waals surface area contributed by atoms with Crippen LogP contribution in [0.15, 0.2) is 66.9 Å². The average molecular weight is 299 g/mol. The van der Waals surface area contributed by atoms with E-state index in [-0.39, 0.29) is 0 Å². The Morgan fingerprint density at radius 1 is 0.696 bits per heavy atom. The number of hydrogen-bond donors (Lipinski definition) is 0. The van der Waals surface area contributed by atoms with Gasteiger partial charge in [0.15, 0.2) is 0 Å². The van der Waals surface area contributed by atoms with Crippen molar-refractivity contribution in [2.75, 3.05) is 0 Å². The topological polar surface area (TPSA) is 22.1 Å². The fourth-order valence-electron chi connectivity index (χ4n) is 2.98. The van der Waals surface area contributed by atoms with E-state index in [2.05, 4.69) is 61.3 Å². The summed E-state index contributed by atoms with van der Waals surface area (Å²) in [6.45, 7) is 4.14. The van der Waals surface area contributed by atoms with Crippen LogP contribution in [0.5, 0.6) is 11.6 Å². The zero-order chi connectivity index (χ0) is 15.8. The Balaban J connectivity index is 1.77. The molecular weight excluding hydrogens is 282 g/mol. The molecule has 0 spiro atoms. The number of rotatable bonds is 2. The maximum atomic E-state index is 5.95. The number of benzene rings is 3. The highest BCUT2D eigenvalue weighted by atomic mass is 16.5. The molecule has 112 valence electrons. The molecule has 0 fully saturated rings. The molecule has 0 amide bonds. The number of aromatic nitrogens is 1. The van der Waals surface area contributed by atoms with Gasteiger partial charge in [-0.3, -0.25) is 0 Å². The first kappa shape index (κ1) is 13.8. The molecule has 0 aliphatic rings. The Hall–Kier alpha value is -2.87. The van der Waals surface area contributed by atoms with Crippen molar-refractivity contribution in [3.63, 3.8) is 0 Å². The van der Waals surface area contributed by atoms with Gasteiger partial charge in [0.25, 0.3) is 0 Å². The molecule has 0 unspecified atom stereocenters. The van der Waals surface area contributed by atoms with Crippen LogP contribution in [0.25, 0.3) is 21.5 Å². The minimum atomic E-state index is 0.623. The quantitative estimate of drug-likeness (QED) is 0.437. The standard InChI is InChI=1S/C21H17NO/c1-14-7-15(2)9-20(8-14)23-21-12-18-10-16-5-3-4-6-17(16)11-19(18)13-22-21/h3-13H,1-2H3. The molecule has 4 rings (SSSR count). The molecule has 1 aromatic heterocycles. The third-order valence-electron chi connectivity index (χ3n) is 3.98. The van der Waals surface area contributed by atoms with Gasteiger partial charge in [0.1, 0.15) is 5.75 Å². The van der Waals surface area contributed by atoms with E-state index in [0.717, 1.165) is 16.5 Å². The van der Waals surface area contributed by atoms with Crippen molar-refractivity contribution in [1.29, 1.82) is 0 Å². The lowest BCUT2D eigenvalue weighted by Gasteiger charge is -2.08. The highest BCUT2D eigenvalue weighted by Gasteiger charge is 2.04. The molecule has 23 heavy (non-hydrogen) atoms. The van der Waals surface area contributed by atoms with Gasteiger partial charge in [-0.05, 0) is 65.4 Å². The maximum absolute atomic E-state index is 5.95. The Bertz CT molecular complexity index is 1000. The smallest absolute Gasteiger partial charge is 0.219 e. The summed E-state index contributed by atoms with van der Waals surface area (Å²) in [4.78, 5) is 4.45. The lowest BCUT2D eigenvalue weighted by atomic mass is 10.1. The molecule has 0 N–H and O–H groups in total. The average Bonchev–Trinajstić information content (AvgIpc) is 2.52. The molecule has 2 nitrogen and oxygen atoms in total. The lowest BCUT2D eigenvalue weighted by molar-refractivity contribution is 0.463. The van der Waals surface area contributed by atoms with Crippen molar-refractivity contribution >= 4 is 21.5 Å². The first-order valence-electron chi connectivity index (χ1n) is 7.72. The number of fused-ring (bicyclic) bond motifs is 2. The predicted octanol–water partition coefficient (Wildman–Crippen LogP) is 5.80. The normalized spacial score (nSPS) is 11.0. The third-order valence-corrected chi connectivity index (χ3v) is 3.98. The maximum Gasteiger partial charge on any atom is 0.219 e. The van der Waals surface area contributed by atoms with Crippen LogP contribution in [0.4, 0.5) is 0 Å². The van der Waals surface area contributed by atoms with Gasteiger partial charge in [0, 0.05) is 17.6 Å². The van der Waals surface area contributed by atoms with Crippen LogP contribution in [0.2, 0.25) is 0 Å². The van der Waals surface area contributed by atoms with E-state index in [1.165, 1.54) is 21.9 Å². The van der Waals surface area contributed by atoms with Gasteiger partial charge >= 0.3 is 0 Å². The molecule has 0 aliphatic heterocycles. The van der Waals surface area contributed by atoms with Gasteiger partial charge < -0.3 is 4.74 Å². The van der Waals surface area contributed by atoms with Crippen molar-refractivity contribution in [2.24, 2.45) is 0 Å². The Morgan fingerprint density at radius 2 is 1.35 bits per heavy atom. The van der Waals surface area contributed by atoms with Gasteiger partial charge in [-0.25, -0.2) is 4.98 Å². The number of aryl methyl sites for hydroxylation is 2. The fraction of sp³-hybridized carbons (Fsp3) is 0.0952. The number of pyridine rings is 1. The summed E-state index contributed by atoms with van der Waals surface area (Å²) in [6.07, 6.45) is 1.87. The lowest BCUT2D eigenvalue weighted by Crippen LogP contribution is -1.90. The van der Waals surface area contributed by atoms with Gasteiger partial charge in [0.2, 0.25) is 5.88 Å². The van der Waals surface area contributed by atoms with Crippen molar-refractivity contribution in [3.05, 3.63) is 78.0 Å². The summed E-state index contributed by atoms with van der Waals surface area (Å²) in [6, 6.07) is 20.9. The van der Waals surface area contributed by atoms with Crippen LogP contribution < -0.4 is 4.74 Å². The van der Waals surface area contributed by atoms with E-state index in [1.807, 2.05) is 24.4 Å². The van der Waals surface area contributed by atoms with Crippen LogP contribution in [-0.2, 0) is 0 Å². The molecule has 0 bridgehead atoms. The molecule has 0 saturated carbocycles. The summed E-state index contributed by atoms with van der Waals surface area (Å²) in [7, 11) is 0. The largest absolute Gasteiger partial charge is 0.439 e. The SMILES string of the molecule is Cc1cc(C)cc(Oc2cc3cc4ccccc4cc3cn2)c1. The first-order chi connectivity index (χ1) is 11.2. The second-order valence-corrected chi connectivity index (χ2v) is 5.99. The molecule has 0 saturated heterocycles. The third kappa shape index (κ3) is 2.76. The monoisotopic (exact) mass is 299 g/mol. The summed E-state index contributed by atoms with van der Waals surface area (Å²) in [5.74, 6) is 1.45. The van der Waals surface area contributed by atoms with E-state index in [4.69, 9.17) is 4.74 Å². The van der Waals surface area contributed by atoms with Crippen molar-refractivity contribution in [1.82, 2.24) is 4.98 Å². The molecule has 0 aliphatic carbocycles. The molecule has 0 atom stereocenters. The van der Waals surface area contributed by atoms with E-state index in [9.17, 15) is 0 Å². The summed E-state index contributed by atoms with van der Waals surface area (Å²) >= 11 is 0. The number of nitrogens with zero attached hydrogens (tertiary/aromatic N) is 1. The van der Waals surface area contributed by atoms with Crippen molar-refractivity contribution in [3.8, 4) is 11.6 Å². The van der Waals surface area contributed by atoms with Crippen LogP contribution in [0, 0.1) is 13.8 Å². The van der Waals surface area contributed by atoms with Gasteiger partial charge in [-0.15, -0.1) is 0 Å². The second kappa shape index (κ2) is 5.40. The molecule has 4 aromatic rings. The van der Waals surface area contributed by atoms with Gasteiger partial charge in [-0.1, -0.05) is 30.3 Å². The minimum absolute atomic E-state index is 0.623. The minimum Gasteiger partial charge on any atom is -0.439 e. The molecular formula is C21H17NO. The molecule has 2 heteroatoms. The number of ether oxygens (including phenoxy) is 1. The highest BCUT2D eigenvalue weighted by Crippen LogP contribution is 2.27. The van der Waals surface area contributed by atoms with Crippen LogP contribution in [-0.4, -0.2) is 4.98 Å². The molecule has 3 aromatic carbocycles. The fourth-order valence-corrected chi connectivity index (χ4v) is 2.98.